The van der Waals surface area contributed by atoms with Crippen molar-refractivity contribution in [3.05, 3.63) is 24.3 Å². The molecule has 0 spiro atoms. The second-order valence-corrected chi connectivity index (χ2v) is 4.03. The van der Waals surface area contributed by atoms with Gasteiger partial charge in [-0.1, -0.05) is 0 Å². The van der Waals surface area contributed by atoms with Gasteiger partial charge in [0.2, 0.25) is 0 Å². The van der Waals surface area contributed by atoms with Gasteiger partial charge in [0.25, 0.3) is 5.91 Å². The molecule has 102 valence electrons. The van der Waals surface area contributed by atoms with E-state index in [9.17, 15) is 9.59 Å². The van der Waals surface area contributed by atoms with E-state index >= 15 is 0 Å². The molecule has 1 saturated heterocycles. The van der Waals surface area contributed by atoms with E-state index in [1.807, 2.05) is 0 Å². The number of methoxy groups -OCH3 is 2. The second kappa shape index (κ2) is 5.81. The van der Waals surface area contributed by atoms with Crippen molar-refractivity contribution in [2.75, 3.05) is 25.9 Å². The van der Waals surface area contributed by atoms with E-state index in [4.69, 9.17) is 14.2 Å². The van der Waals surface area contributed by atoms with E-state index in [-0.39, 0.29) is 12.7 Å². The van der Waals surface area contributed by atoms with Crippen molar-refractivity contribution >= 4 is 17.9 Å². The molecule has 2 atom stereocenters. The molecule has 1 aromatic rings. The Balaban J connectivity index is 2.11. The van der Waals surface area contributed by atoms with Crippen molar-refractivity contribution in [3.8, 4) is 5.75 Å². The summed E-state index contributed by atoms with van der Waals surface area (Å²) >= 11 is 0. The van der Waals surface area contributed by atoms with E-state index in [0.717, 1.165) is 0 Å². The Morgan fingerprint density at radius 3 is 2.47 bits per heavy atom. The van der Waals surface area contributed by atoms with Crippen molar-refractivity contribution in [1.82, 2.24) is 0 Å². The van der Waals surface area contributed by atoms with Gasteiger partial charge < -0.3 is 19.0 Å². The summed E-state index contributed by atoms with van der Waals surface area (Å²) in [5.41, 5.74) is 0.639. The van der Waals surface area contributed by atoms with Crippen LogP contribution in [0.2, 0.25) is 0 Å². The van der Waals surface area contributed by atoms with Gasteiger partial charge in [-0.3, -0.25) is 9.69 Å². The molecule has 0 aliphatic carbocycles. The van der Waals surface area contributed by atoms with Crippen molar-refractivity contribution in [3.63, 3.8) is 0 Å². The van der Waals surface area contributed by atoms with Gasteiger partial charge in [-0.25, -0.2) is 0 Å². The fraction of sp³-hybridized carbons (Fsp3) is 0.385. The number of hydrogen-bond donors (Lipinski definition) is 0. The van der Waals surface area contributed by atoms with Crippen molar-refractivity contribution in [2.45, 2.75) is 12.1 Å². The molecular formula is C13H15NO5. The lowest BCUT2D eigenvalue weighted by atomic mass is 9.98. The lowest BCUT2D eigenvalue weighted by Gasteiger charge is -2.43. The molecule has 0 unspecified atom stereocenters. The lowest BCUT2D eigenvalue weighted by molar-refractivity contribution is -0.156. The van der Waals surface area contributed by atoms with Crippen LogP contribution < -0.4 is 9.64 Å². The van der Waals surface area contributed by atoms with E-state index in [2.05, 4.69) is 0 Å². The van der Waals surface area contributed by atoms with Crippen LogP contribution in [0.15, 0.2) is 24.3 Å². The molecule has 19 heavy (non-hydrogen) atoms. The first-order valence-corrected chi connectivity index (χ1v) is 5.76. The zero-order valence-electron chi connectivity index (χ0n) is 10.7. The smallest absolute Gasteiger partial charge is 0.259 e. The highest BCUT2D eigenvalue weighted by molar-refractivity contribution is 6.10. The van der Waals surface area contributed by atoms with Crippen molar-refractivity contribution < 1.29 is 23.8 Å². The van der Waals surface area contributed by atoms with Gasteiger partial charge in [-0.2, -0.15) is 0 Å². The van der Waals surface area contributed by atoms with Crippen LogP contribution in [0, 0.1) is 0 Å². The van der Waals surface area contributed by atoms with Crippen molar-refractivity contribution in [2.24, 2.45) is 0 Å². The Morgan fingerprint density at radius 2 is 1.95 bits per heavy atom. The second-order valence-electron chi connectivity index (χ2n) is 4.03. The third kappa shape index (κ3) is 2.45. The molecule has 1 fully saturated rings. The third-order valence-corrected chi connectivity index (χ3v) is 2.94. The molecule has 0 bridgehead atoms. The highest BCUT2D eigenvalue weighted by atomic mass is 16.7. The number of aldehydes is 1. The Morgan fingerprint density at radius 1 is 1.26 bits per heavy atom. The van der Waals surface area contributed by atoms with Crippen LogP contribution in [0.5, 0.6) is 5.75 Å². The van der Waals surface area contributed by atoms with Crippen molar-refractivity contribution in [1.29, 1.82) is 0 Å². The van der Waals surface area contributed by atoms with Gasteiger partial charge in [0.15, 0.2) is 6.10 Å². The number of benzene rings is 1. The first-order valence-electron chi connectivity index (χ1n) is 5.76. The standard InChI is InChI=1S/C13H15NO5/c1-17-8-19-12-11(7-15)14(13(12)16)9-3-5-10(18-2)6-4-9/h3-7,11-12H,8H2,1-2H3/t11-,12+/m0/s1. The number of ether oxygens (including phenoxy) is 3. The average Bonchev–Trinajstić information content (AvgIpc) is 2.45. The van der Waals surface area contributed by atoms with Crippen LogP contribution in [-0.4, -0.2) is 45.4 Å². The molecule has 0 aromatic heterocycles. The monoisotopic (exact) mass is 265 g/mol. The molecule has 1 aromatic carbocycles. The Hall–Kier alpha value is -1.92. The Labute approximate surface area is 110 Å². The predicted octanol–water partition coefficient (Wildman–Crippen LogP) is 0.598. The summed E-state index contributed by atoms with van der Waals surface area (Å²) in [4.78, 5) is 24.4. The van der Waals surface area contributed by atoms with E-state index in [0.29, 0.717) is 17.7 Å². The van der Waals surface area contributed by atoms with Crippen LogP contribution in [0.3, 0.4) is 0 Å². The lowest BCUT2D eigenvalue weighted by Crippen LogP contribution is -2.67. The van der Waals surface area contributed by atoms with Gasteiger partial charge >= 0.3 is 0 Å². The maximum absolute atomic E-state index is 11.9. The maximum atomic E-state index is 11.9. The molecule has 2 rings (SSSR count). The quantitative estimate of drug-likeness (QED) is 0.428. The minimum absolute atomic E-state index is 0.0167. The normalized spacial score (nSPS) is 22.0. The topological polar surface area (TPSA) is 65.1 Å². The van der Waals surface area contributed by atoms with E-state index in [1.165, 1.54) is 12.0 Å². The SMILES string of the molecule is COCO[C@H]1C(=O)N(c2ccc(OC)cc2)[C@H]1C=O. The van der Waals surface area contributed by atoms with E-state index in [1.54, 1.807) is 31.4 Å². The van der Waals surface area contributed by atoms with Gasteiger partial charge in [0.1, 0.15) is 24.9 Å². The molecule has 1 aliphatic heterocycles. The number of rotatable bonds is 6. The first-order chi connectivity index (χ1) is 9.22. The first kappa shape index (κ1) is 13.5. The Kier molecular flexibility index (Phi) is 4.13. The number of carbonyl (C=O) groups excluding carboxylic acids is 2. The number of nitrogens with zero attached hydrogens (tertiary/aromatic N) is 1. The fourth-order valence-corrected chi connectivity index (χ4v) is 1.97. The highest BCUT2D eigenvalue weighted by Crippen LogP contribution is 2.30. The molecule has 0 saturated carbocycles. The number of anilines is 1. The number of amides is 1. The average molecular weight is 265 g/mol. The van der Waals surface area contributed by atoms with E-state index < -0.39 is 12.1 Å². The van der Waals surface area contributed by atoms with Gasteiger partial charge in [0, 0.05) is 12.8 Å². The van der Waals surface area contributed by atoms with Gasteiger partial charge in [0.05, 0.1) is 7.11 Å². The molecular weight excluding hydrogens is 250 g/mol. The molecule has 1 aliphatic rings. The van der Waals surface area contributed by atoms with Gasteiger partial charge in [-0.05, 0) is 24.3 Å². The number of hydrogen-bond acceptors (Lipinski definition) is 5. The summed E-state index contributed by atoms with van der Waals surface area (Å²) < 4.78 is 14.9. The minimum Gasteiger partial charge on any atom is -0.497 e. The maximum Gasteiger partial charge on any atom is 0.259 e. The van der Waals surface area contributed by atoms with Crippen LogP contribution in [0.1, 0.15) is 0 Å². The largest absolute Gasteiger partial charge is 0.497 e. The van der Waals surface area contributed by atoms with Crippen LogP contribution >= 0.6 is 0 Å². The molecule has 1 amide bonds. The summed E-state index contributed by atoms with van der Waals surface area (Å²) in [6.45, 7) is -0.0167. The number of β-lactam (4-membered cyclic amide) rings is 1. The zero-order valence-corrected chi connectivity index (χ0v) is 10.7. The fourth-order valence-electron chi connectivity index (χ4n) is 1.97. The summed E-state index contributed by atoms with van der Waals surface area (Å²) in [6.07, 6.45) is -0.0639. The van der Waals surface area contributed by atoms with Crippen LogP contribution in [0.25, 0.3) is 0 Å². The molecule has 0 radical (unpaired) electrons. The third-order valence-electron chi connectivity index (χ3n) is 2.94. The van der Waals surface area contributed by atoms with Gasteiger partial charge in [-0.15, -0.1) is 0 Å². The summed E-state index contributed by atoms with van der Waals surface area (Å²) in [6, 6.07) is 6.29. The summed E-state index contributed by atoms with van der Waals surface area (Å²) in [5.74, 6) is 0.436. The molecule has 6 heteroatoms. The minimum atomic E-state index is -0.764. The summed E-state index contributed by atoms with van der Waals surface area (Å²) in [5, 5.41) is 0. The van der Waals surface area contributed by atoms with Crippen LogP contribution in [0.4, 0.5) is 5.69 Å². The molecule has 6 nitrogen and oxygen atoms in total. The molecule has 0 N–H and O–H groups in total. The predicted molar refractivity (Wildman–Crippen MR) is 67.1 cm³/mol. The number of carbonyl (C=O) groups is 2. The molecule has 1 heterocycles. The highest BCUT2D eigenvalue weighted by Gasteiger charge is 2.49. The summed E-state index contributed by atoms with van der Waals surface area (Å²) in [7, 11) is 3.02. The Bertz CT molecular complexity index is 459. The zero-order chi connectivity index (χ0) is 13.8. The van der Waals surface area contributed by atoms with Crippen LogP contribution in [-0.2, 0) is 19.1 Å².